The van der Waals surface area contributed by atoms with Gasteiger partial charge in [0, 0.05) is 36.3 Å². The Morgan fingerprint density at radius 3 is 2.93 bits per heavy atom. The van der Waals surface area contributed by atoms with E-state index in [4.69, 9.17) is 0 Å². The highest BCUT2D eigenvalue weighted by molar-refractivity contribution is 14.0. The van der Waals surface area contributed by atoms with Gasteiger partial charge in [0.05, 0.1) is 0 Å². The number of hydrogen-bond acceptors (Lipinski definition) is 4. The Morgan fingerprint density at radius 2 is 2.19 bits per heavy atom. The van der Waals surface area contributed by atoms with E-state index in [2.05, 4.69) is 45.6 Å². The molecule has 2 atom stereocenters. The Morgan fingerprint density at radius 1 is 1.37 bits per heavy atom. The maximum absolute atomic E-state index is 10.5. The molecule has 0 radical (unpaired) electrons. The quantitative estimate of drug-likeness (QED) is 0.322. The molecule has 3 N–H and O–H groups in total. The number of piperidine rings is 1. The van der Waals surface area contributed by atoms with E-state index in [9.17, 15) is 5.11 Å². The van der Waals surface area contributed by atoms with Crippen LogP contribution >= 0.6 is 35.3 Å². The molecule has 1 aromatic carbocycles. The van der Waals surface area contributed by atoms with Crippen LogP contribution in [0.2, 0.25) is 0 Å². The number of fused-ring (bicyclic) bond motifs is 1. The van der Waals surface area contributed by atoms with E-state index in [1.165, 1.54) is 29.5 Å². The minimum Gasteiger partial charge on any atom is -0.386 e. The van der Waals surface area contributed by atoms with Gasteiger partial charge in [0.2, 0.25) is 0 Å². The molecule has 0 bridgehead atoms. The molecule has 2 aromatic rings. The summed E-state index contributed by atoms with van der Waals surface area (Å²) in [6.07, 6.45) is 2.01. The predicted octanol–water partition coefficient (Wildman–Crippen LogP) is 3.45. The van der Waals surface area contributed by atoms with E-state index in [1.54, 1.807) is 18.4 Å². The molecule has 7 heteroatoms. The molecule has 0 amide bonds. The summed E-state index contributed by atoms with van der Waals surface area (Å²) < 4.78 is 1.21. The van der Waals surface area contributed by atoms with Crippen LogP contribution in [0.1, 0.15) is 30.7 Å². The number of nitrogens with zero attached hydrogens (tertiary/aromatic N) is 2. The smallest absolute Gasteiger partial charge is 0.191 e. The first-order valence-electron chi connectivity index (χ1n) is 9.53. The van der Waals surface area contributed by atoms with E-state index < -0.39 is 6.10 Å². The monoisotopic (exact) mass is 502 g/mol. The Balaban J connectivity index is 0.00000261. The normalized spacial score (nSPS) is 19.5. The number of benzene rings is 1. The molecular weight excluding hydrogens is 471 g/mol. The summed E-state index contributed by atoms with van der Waals surface area (Å²) >= 11 is 1.65. The second-order valence-electron chi connectivity index (χ2n) is 6.94. The van der Waals surface area contributed by atoms with Crippen molar-refractivity contribution in [1.29, 1.82) is 0 Å². The van der Waals surface area contributed by atoms with E-state index in [0.29, 0.717) is 12.5 Å². The average molecular weight is 502 g/mol. The zero-order chi connectivity index (χ0) is 18.4. The topological polar surface area (TPSA) is 59.9 Å². The number of aliphatic hydroxyl groups is 1. The fourth-order valence-electron chi connectivity index (χ4n) is 3.53. The molecule has 0 aliphatic carbocycles. The molecule has 2 heterocycles. The Labute approximate surface area is 183 Å². The lowest BCUT2D eigenvalue weighted by Crippen LogP contribution is -2.45. The summed E-state index contributed by atoms with van der Waals surface area (Å²) in [6.45, 7) is 7.12. The summed E-state index contributed by atoms with van der Waals surface area (Å²) in [5.41, 5.74) is 0. The lowest BCUT2D eigenvalue weighted by atomic mass is 9.98. The zero-order valence-electron chi connectivity index (χ0n) is 16.1. The number of rotatable bonds is 6. The molecule has 5 nitrogen and oxygen atoms in total. The standard InChI is InChI=1S/C20H30N4OS.HI/c1-3-24-10-6-7-15(14-24)12-22-20(21-2)23-13-17(25)19-11-16-8-4-5-9-18(16)26-19;/h4-5,8-9,11,15,17,25H,3,6-7,10,12-14H2,1-2H3,(H2,21,22,23);1H. The third kappa shape index (κ3) is 6.30. The fraction of sp³-hybridized carbons (Fsp3) is 0.550. The molecule has 2 unspecified atom stereocenters. The summed E-state index contributed by atoms with van der Waals surface area (Å²) in [5, 5.41) is 18.4. The number of aliphatic imine (C=N–C) groups is 1. The van der Waals surface area contributed by atoms with E-state index in [-0.39, 0.29) is 24.0 Å². The molecule has 0 saturated carbocycles. The van der Waals surface area contributed by atoms with Crippen molar-refractivity contribution in [3.8, 4) is 0 Å². The van der Waals surface area contributed by atoms with Crippen LogP contribution in [0.5, 0.6) is 0 Å². The third-order valence-corrected chi connectivity index (χ3v) is 6.29. The van der Waals surface area contributed by atoms with Gasteiger partial charge in [0.25, 0.3) is 0 Å². The third-order valence-electron chi connectivity index (χ3n) is 5.07. The summed E-state index contributed by atoms with van der Waals surface area (Å²) in [5.74, 6) is 1.42. The first-order chi connectivity index (χ1) is 12.7. The van der Waals surface area contributed by atoms with Gasteiger partial charge >= 0.3 is 0 Å². The average Bonchev–Trinajstić information content (AvgIpc) is 3.12. The number of halogens is 1. The van der Waals surface area contributed by atoms with E-state index in [1.807, 2.05) is 12.1 Å². The number of hydrogen-bond donors (Lipinski definition) is 3. The van der Waals surface area contributed by atoms with Crippen molar-refractivity contribution in [3.63, 3.8) is 0 Å². The number of guanidine groups is 1. The second-order valence-corrected chi connectivity index (χ2v) is 8.05. The van der Waals surface area contributed by atoms with Crippen molar-refractivity contribution < 1.29 is 5.11 Å². The lowest BCUT2D eigenvalue weighted by molar-refractivity contribution is 0.181. The van der Waals surface area contributed by atoms with Crippen LogP contribution in [0.25, 0.3) is 10.1 Å². The molecule has 1 aliphatic rings. The molecule has 1 fully saturated rings. The van der Waals surface area contributed by atoms with Crippen molar-refractivity contribution in [1.82, 2.24) is 15.5 Å². The number of thiophene rings is 1. The van der Waals surface area contributed by atoms with Gasteiger partial charge < -0.3 is 20.6 Å². The van der Waals surface area contributed by atoms with E-state index >= 15 is 0 Å². The van der Waals surface area contributed by atoms with Crippen LogP contribution in [-0.2, 0) is 0 Å². The van der Waals surface area contributed by atoms with Gasteiger partial charge in [-0.25, -0.2) is 0 Å². The summed E-state index contributed by atoms with van der Waals surface area (Å²) in [4.78, 5) is 7.79. The molecule has 3 rings (SSSR count). The Hall–Kier alpha value is -0.900. The van der Waals surface area contributed by atoms with Gasteiger partial charge in [-0.1, -0.05) is 25.1 Å². The molecule has 0 spiro atoms. The van der Waals surface area contributed by atoms with Gasteiger partial charge in [-0.3, -0.25) is 4.99 Å². The highest BCUT2D eigenvalue weighted by atomic mass is 127. The highest BCUT2D eigenvalue weighted by Gasteiger charge is 2.19. The summed E-state index contributed by atoms with van der Waals surface area (Å²) in [7, 11) is 1.78. The molecule has 1 saturated heterocycles. The second kappa shape index (κ2) is 11.2. The first kappa shape index (κ1) is 22.4. The van der Waals surface area contributed by atoms with Crippen LogP contribution in [0.3, 0.4) is 0 Å². The predicted molar refractivity (Wildman–Crippen MR) is 126 cm³/mol. The molecular formula is C20H31IN4OS. The molecule has 27 heavy (non-hydrogen) atoms. The number of aliphatic hydroxyl groups excluding tert-OH is 1. The fourth-order valence-corrected chi connectivity index (χ4v) is 4.58. The van der Waals surface area contributed by atoms with Crippen molar-refractivity contribution in [2.45, 2.75) is 25.9 Å². The number of likely N-dealkylation sites (tertiary alicyclic amines) is 1. The van der Waals surface area contributed by atoms with Crippen LogP contribution in [-0.4, -0.2) is 55.7 Å². The molecule has 1 aliphatic heterocycles. The van der Waals surface area contributed by atoms with Gasteiger partial charge in [0.15, 0.2) is 5.96 Å². The zero-order valence-corrected chi connectivity index (χ0v) is 19.3. The van der Waals surface area contributed by atoms with Gasteiger partial charge in [-0.2, -0.15) is 0 Å². The lowest BCUT2D eigenvalue weighted by Gasteiger charge is -2.32. The van der Waals surface area contributed by atoms with Gasteiger partial charge in [-0.05, 0) is 49.4 Å². The summed E-state index contributed by atoms with van der Waals surface area (Å²) in [6, 6.07) is 10.3. The van der Waals surface area contributed by atoms with E-state index in [0.717, 1.165) is 30.5 Å². The SMILES string of the molecule is CCN1CCCC(CNC(=NC)NCC(O)c2cc3ccccc3s2)C1.I. The maximum atomic E-state index is 10.5. The van der Waals surface area contributed by atoms with Crippen LogP contribution in [0.4, 0.5) is 0 Å². The van der Waals surface area contributed by atoms with Crippen LogP contribution in [0, 0.1) is 5.92 Å². The van der Waals surface area contributed by atoms with Crippen molar-refractivity contribution in [3.05, 3.63) is 35.2 Å². The Bertz CT molecular complexity index is 703. The minimum absolute atomic E-state index is 0. The van der Waals surface area contributed by atoms with Crippen molar-refractivity contribution in [2.75, 3.05) is 39.8 Å². The first-order valence-corrected chi connectivity index (χ1v) is 10.3. The van der Waals surface area contributed by atoms with Crippen molar-refractivity contribution >= 4 is 51.4 Å². The van der Waals surface area contributed by atoms with Gasteiger partial charge in [-0.15, -0.1) is 35.3 Å². The largest absolute Gasteiger partial charge is 0.386 e. The molecule has 1 aromatic heterocycles. The molecule has 150 valence electrons. The Kier molecular flexibility index (Phi) is 9.28. The highest BCUT2D eigenvalue weighted by Crippen LogP contribution is 2.29. The number of nitrogens with one attached hydrogen (secondary N) is 2. The maximum Gasteiger partial charge on any atom is 0.191 e. The van der Waals surface area contributed by atoms with Gasteiger partial charge in [0.1, 0.15) is 6.10 Å². The van der Waals surface area contributed by atoms with Crippen LogP contribution < -0.4 is 10.6 Å². The van der Waals surface area contributed by atoms with Crippen LogP contribution in [0.15, 0.2) is 35.3 Å². The van der Waals surface area contributed by atoms with Crippen molar-refractivity contribution in [2.24, 2.45) is 10.9 Å². The minimum atomic E-state index is -0.531.